The van der Waals surface area contributed by atoms with Crippen LogP contribution in [0.4, 0.5) is 5.82 Å². The van der Waals surface area contributed by atoms with Crippen molar-refractivity contribution in [1.29, 1.82) is 0 Å². The molecule has 1 aliphatic heterocycles. The number of aromatic nitrogens is 2. The van der Waals surface area contributed by atoms with E-state index in [0.717, 1.165) is 31.1 Å². The molecule has 2 rings (SSSR count). The minimum atomic E-state index is 0.319. The number of methoxy groups -OCH3 is 1. The van der Waals surface area contributed by atoms with Crippen LogP contribution in [0.25, 0.3) is 0 Å². The molecule has 94 valence electrons. The molecular formula is C12H18ClN3O. The summed E-state index contributed by atoms with van der Waals surface area (Å²) in [5.74, 6) is 1.55. The van der Waals surface area contributed by atoms with Gasteiger partial charge in [0.05, 0.1) is 6.61 Å². The number of ether oxygens (including phenoxy) is 1. The molecule has 0 aromatic carbocycles. The van der Waals surface area contributed by atoms with E-state index in [4.69, 9.17) is 16.3 Å². The highest BCUT2D eigenvalue weighted by atomic mass is 35.5. The molecule has 0 saturated carbocycles. The van der Waals surface area contributed by atoms with Crippen LogP contribution in [0.3, 0.4) is 0 Å². The minimum Gasteiger partial charge on any atom is -0.384 e. The van der Waals surface area contributed by atoms with Crippen molar-refractivity contribution in [3.05, 3.63) is 17.0 Å². The summed E-state index contributed by atoms with van der Waals surface area (Å²) in [6.07, 6.45) is 4.18. The van der Waals surface area contributed by atoms with Gasteiger partial charge in [-0.3, -0.25) is 0 Å². The van der Waals surface area contributed by atoms with Gasteiger partial charge in [-0.1, -0.05) is 0 Å². The van der Waals surface area contributed by atoms with Gasteiger partial charge >= 0.3 is 0 Å². The molecule has 1 unspecified atom stereocenters. The standard InChI is InChI=1S/C12H18ClN3O/c1-9-6-14-12(13)15-11(9)16-5-3-4-10(7-16)8-17-2/h6,10H,3-5,7-8H2,1-2H3. The topological polar surface area (TPSA) is 38.2 Å². The van der Waals surface area contributed by atoms with E-state index in [9.17, 15) is 0 Å². The number of halogens is 1. The van der Waals surface area contributed by atoms with Gasteiger partial charge in [-0.25, -0.2) is 9.97 Å². The smallest absolute Gasteiger partial charge is 0.224 e. The molecule has 5 heteroatoms. The largest absolute Gasteiger partial charge is 0.384 e. The third-order valence-electron chi connectivity index (χ3n) is 3.14. The van der Waals surface area contributed by atoms with Crippen LogP contribution in [0.5, 0.6) is 0 Å². The SMILES string of the molecule is COCC1CCCN(c2nc(Cl)ncc2C)C1. The lowest BCUT2D eigenvalue weighted by Gasteiger charge is -2.33. The maximum atomic E-state index is 5.86. The molecule has 2 heterocycles. The normalized spacial score (nSPS) is 20.6. The van der Waals surface area contributed by atoms with Crippen molar-refractivity contribution in [2.45, 2.75) is 19.8 Å². The first-order valence-electron chi connectivity index (χ1n) is 5.93. The Labute approximate surface area is 107 Å². The van der Waals surface area contributed by atoms with Gasteiger partial charge in [0.1, 0.15) is 5.82 Å². The highest BCUT2D eigenvalue weighted by Gasteiger charge is 2.22. The summed E-state index contributed by atoms with van der Waals surface area (Å²) < 4.78 is 5.23. The average Bonchev–Trinajstić information content (AvgIpc) is 2.33. The summed E-state index contributed by atoms with van der Waals surface area (Å²) in [5.41, 5.74) is 1.08. The predicted octanol–water partition coefficient (Wildman–Crippen LogP) is 2.30. The Morgan fingerprint density at radius 2 is 2.41 bits per heavy atom. The van der Waals surface area contributed by atoms with E-state index in [-0.39, 0.29) is 0 Å². The number of rotatable bonds is 3. The van der Waals surface area contributed by atoms with E-state index in [1.807, 2.05) is 6.92 Å². The highest BCUT2D eigenvalue weighted by molar-refractivity contribution is 6.28. The molecule has 1 fully saturated rings. The Kier molecular flexibility index (Phi) is 4.18. The summed E-state index contributed by atoms with van der Waals surface area (Å²) in [6, 6.07) is 0. The first-order chi connectivity index (χ1) is 8.20. The molecule has 0 bridgehead atoms. The summed E-state index contributed by atoms with van der Waals surface area (Å²) in [7, 11) is 1.76. The molecule has 1 atom stereocenters. The maximum Gasteiger partial charge on any atom is 0.224 e. The lowest BCUT2D eigenvalue weighted by molar-refractivity contribution is 0.143. The lowest BCUT2D eigenvalue weighted by atomic mass is 9.99. The van der Waals surface area contributed by atoms with Crippen LogP contribution in [0, 0.1) is 12.8 Å². The minimum absolute atomic E-state index is 0.319. The highest BCUT2D eigenvalue weighted by Crippen LogP contribution is 2.24. The number of piperidine rings is 1. The van der Waals surface area contributed by atoms with Crippen LogP contribution in [0.2, 0.25) is 5.28 Å². The van der Waals surface area contributed by atoms with Crippen molar-refractivity contribution in [3.8, 4) is 0 Å². The van der Waals surface area contributed by atoms with Crippen molar-refractivity contribution in [3.63, 3.8) is 0 Å². The van der Waals surface area contributed by atoms with E-state index >= 15 is 0 Å². The van der Waals surface area contributed by atoms with Gasteiger partial charge in [0.15, 0.2) is 0 Å². The second-order valence-electron chi connectivity index (χ2n) is 4.56. The van der Waals surface area contributed by atoms with Gasteiger partial charge in [0.2, 0.25) is 5.28 Å². The molecule has 0 aliphatic carbocycles. The van der Waals surface area contributed by atoms with Gasteiger partial charge in [-0.2, -0.15) is 0 Å². The molecule has 0 spiro atoms. The van der Waals surface area contributed by atoms with Crippen molar-refractivity contribution in [2.24, 2.45) is 5.92 Å². The van der Waals surface area contributed by atoms with Crippen LogP contribution < -0.4 is 4.90 Å². The summed E-state index contributed by atoms with van der Waals surface area (Å²) >= 11 is 5.86. The van der Waals surface area contributed by atoms with E-state index in [2.05, 4.69) is 14.9 Å². The molecule has 1 aliphatic rings. The fourth-order valence-electron chi connectivity index (χ4n) is 2.36. The summed E-state index contributed by atoms with van der Waals surface area (Å²) in [5, 5.41) is 0.319. The summed E-state index contributed by atoms with van der Waals surface area (Å²) in [4.78, 5) is 10.6. The molecule has 0 radical (unpaired) electrons. The lowest BCUT2D eigenvalue weighted by Crippen LogP contribution is -2.38. The Balaban J connectivity index is 2.13. The Morgan fingerprint density at radius 1 is 1.59 bits per heavy atom. The van der Waals surface area contributed by atoms with Gasteiger partial charge < -0.3 is 9.64 Å². The van der Waals surface area contributed by atoms with Gasteiger partial charge in [0, 0.05) is 32.0 Å². The van der Waals surface area contributed by atoms with E-state index in [1.165, 1.54) is 12.8 Å². The van der Waals surface area contributed by atoms with Crippen molar-refractivity contribution >= 4 is 17.4 Å². The quantitative estimate of drug-likeness (QED) is 0.777. The Hall–Kier alpha value is -0.870. The molecule has 0 N–H and O–H groups in total. The molecule has 17 heavy (non-hydrogen) atoms. The van der Waals surface area contributed by atoms with Gasteiger partial charge in [-0.15, -0.1) is 0 Å². The average molecular weight is 256 g/mol. The molecular weight excluding hydrogens is 238 g/mol. The van der Waals surface area contributed by atoms with Crippen molar-refractivity contribution < 1.29 is 4.74 Å². The van der Waals surface area contributed by atoms with E-state index in [1.54, 1.807) is 13.3 Å². The Bertz CT molecular complexity index is 384. The first kappa shape index (κ1) is 12.6. The molecule has 4 nitrogen and oxygen atoms in total. The number of aryl methyl sites for hydroxylation is 1. The third-order valence-corrected chi connectivity index (χ3v) is 3.32. The molecule has 0 amide bonds. The van der Waals surface area contributed by atoms with E-state index < -0.39 is 0 Å². The zero-order valence-electron chi connectivity index (χ0n) is 10.3. The van der Waals surface area contributed by atoms with Crippen molar-refractivity contribution in [1.82, 2.24) is 9.97 Å². The zero-order chi connectivity index (χ0) is 12.3. The monoisotopic (exact) mass is 255 g/mol. The fourth-order valence-corrected chi connectivity index (χ4v) is 2.49. The second kappa shape index (κ2) is 5.65. The second-order valence-corrected chi connectivity index (χ2v) is 4.89. The van der Waals surface area contributed by atoms with Crippen LogP contribution in [-0.4, -0.2) is 36.8 Å². The first-order valence-corrected chi connectivity index (χ1v) is 6.31. The number of hydrogen-bond acceptors (Lipinski definition) is 4. The molecule has 1 aromatic rings. The molecule has 1 saturated heterocycles. The van der Waals surface area contributed by atoms with Crippen LogP contribution >= 0.6 is 11.6 Å². The number of hydrogen-bond donors (Lipinski definition) is 0. The summed E-state index contributed by atoms with van der Waals surface area (Å²) in [6.45, 7) is 4.86. The van der Waals surface area contributed by atoms with Crippen LogP contribution in [0.15, 0.2) is 6.20 Å². The predicted molar refractivity (Wildman–Crippen MR) is 68.6 cm³/mol. The van der Waals surface area contributed by atoms with Gasteiger partial charge in [-0.05, 0) is 37.3 Å². The Morgan fingerprint density at radius 3 is 3.18 bits per heavy atom. The zero-order valence-corrected chi connectivity index (χ0v) is 11.1. The third kappa shape index (κ3) is 3.07. The van der Waals surface area contributed by atoms with E-state index in [0.29, 0.717) is 11.2 Å². The van der Waals surface area contributed by atoms with Crippen LogP contribution in [0.1, 0.15) is 18.4 Å². The van der Waals surface area contributed by atoms with Crippen molar-refractivity contribution in [2.75, 3.05) is 31.7 Å². The number of nitrogens with zero attached hydrogens (tertiary/aromatic N) is 3. The van der Waals surface area contributed by atoms with Crippen LogP contribution in [-0.2, 0) is 4.74 Å². The molecule has 1 aromatic heterocycles. The fraction of sp³-hybridized carbons (Fsp3) is 0.667. The maximum absolute atomic E-state index is 5.86. The van der Waals surface area contributed by atoms with Gasteiger partial charge in [0.25, 0.3) is 0 Å². The number of anilines is 1.